The van der Waals surface area contributed by atoms with Gasteiger partial charge in [-0.15, -0.1) is 0 Å². The first kappa shape index (κ1) is 19.5. The molecule has 12 nitrogen and oxygen atoms in total. The van der Waals surface area contributed by atoms with Crippen LogP contribution in [0.3, 0.4) is 0 Å². The molecule has 0 radical (unpaired) electrons. The molecule has 0 aliphatic carbocycles. The Hall–Kier alpha value is -1.82. The number of aryl methyl sites for hydroxylation is 1. The number of aliphatic hydroxyl groups excluding tert-OH is 1. The molecule has 1 aliphatic heterocycles. The van der Waals surface area contributed by atoms with Crippen LogP contribution in [0.15, 0.2) is 15.8 Å². The van der Waals surface area contributed by atoms with E-state index in [4.69, 9.17) is 19.3 Å². The van der Waals surface area contributed by atoms with Gasteiger partial charge in [-0.3, -0.25) is 19.1 Å². The molecule has 1 saturated heterocycles. The summed E-state index contributed by atoms with van der Waals surface area (Å²) in [7, 11) is -3.46. The Labute approximate surface area is 140 Å². The second-order valence-corrected chi connectivity index (χ2v) is 6.64. The first-order valence-electron chi connectivity index (χ1n) is 7.00. The molecule has 1 aliphatic rings. The van der Waals surface area contributed by atoms with E-state index < -0.39 is 56.1 Å². The van der Waals surface area contributed by atoms with Gasteiger partial charge in [-0.25, -0.2) is 9.36 Å². The maximum absolute atomic E-state index is 12.0. The van der Waals surface area contributed by atoms with E-state index in [2.05, 4.69) is 4.52 Å². The highest BCUT2D eigenvalue weighted by atomic mass is 31.2. The lowest BCUT2D eigenvalue weighted by atomic mass is 10.0. The highest BCUT2D eigenvalue weighted by molar-refractivity contribution is 7.46. The average molecular weight is 380 g/mol. The van der Waals surface area contributed by atoms with E-state index in [1.54, 1.807) is 0 Å². The number of hydrogen-bond donors (Lipinski definition) is 4. The molecule has 2 rings (SSSR count). The molecule has 0 bridgehead atoms. The van der Waals surface area contributed by atoms with E-state index in [1.807, 2.05) is 4.98 Å². The van der Waals surface area contributed by atoms with Crippen molar-refractivity contribution in [1.29, 1.82) is 0 Å². The van der Waals surface area contributed by atoms with Crippen LogP contribution in [-0.2, 0) is 30.4 Å². The highest BCUT2D eigenvalue weighted by Crippen LogP contribution is 2.39. The summed E-state index contributed by atoms with van der Waals surface area (Å²) in [6, 6.07) is 0. The average Bonchev–Trinajstić information content (AvgIpc) is 2.76. The largest absolute Gasteiger partial charge is 0.469 e. The minimum absolute atomic E-state index is 0.105. The molecular formula is C12H17N2O10P. The number of ether oxygens (including phenoxy) is 2. The van der Waals surface area contributed by atoms with Gasteiger partial charge >= 0.3 is 19.5 Å². The summed E-state index contributed by atoms with van der Waals surface area (Å²) in [5.41, 5.74) is -1.60. The second kappa shape index (κ2) is 7.20. The van der Waals surface area contributed by atoms with Gasteiger partial charge in [0.05, 0.1) is 12.2 Å². The van der Waals surface area contributed by atoms with Gasteiger partial charge in [-0.2, -0.15) is 0 Å². The first-order valence-corrected chi connectivity index (χ1v) is 8.53. The third-order valence-electron chi connectivity index (χ3n) is 3.49. The number of phosphoric ester groups is 1. The Morgan fingerprint density at radius 3 is 2.64 bits per heavy atom. The molecule has 0 aromatic carbocycles. The highest BCUT2D eigenvalue weighted by Gasteiger charge is 2.48. The van der Waals surface area contributed by atoms with E-state index >= 15 is 0 Å². The molecule has 1 unspecified atom stereocenters. The number of carbonyl (C=O) groups excluding carboxylic acids is 1. The van der Waals surface area contributed by atoms with E-state index in [0.29, 0.717) is 0 Å². The van der Waals surface area contributed by atoms with Crippen LogP contribution in [0, 0.1) is 0 Å². The summed E-state index contributed by atoms with van der Waals surface area (Å²) in [5, 5.41) is 10.2. The topological polar surface area (TPSA) is 177 Å². The molecule has 13 heteroatoms. The molecule has 2 heterocycles. The van der Waals surface area contributed by atoms with E-state index in [9.17, 15) is 24.1 Å². The van der Waals surface area contributed by atoms with Gasteiger partial charge in [-0.1, -0.05) is 0 Å². The van der Waals surface area contributed by atoms with Crippen molar-refractivity contribution < 1.29 is 38.3 Å². The Kier molecular flexibility index (Phi) is 5.62. The second-order valence-electron chi connectivity index (χ2n) is 5.40. The van der Waals surface area contributed by atoms with Gasteiger partial charge in [0.1, 0.15) is 18.3 Å². The fourth-order valence-electron chi connectivity index (χ4n) is 2.40. The summed E-state index contributed by atoms with van der Waals surface area (Å²) in [4.78, 5) is 54.2. The quantitative estimate of drug-likeness (QED) is 0.327. The van der Waals surface area contributed by atoms with Gasteiger partial charge < -0.3 is 28.9 Å². The van der Waals surface area contributed by atoms with Crippen LogP contribution < -0.4 is 11.2 Å². The van der Waals surface area contributed by atoms with Crippen LogP contribution in [0.1, 0.15) is 18.6 Å². The van der Waals surface area contributed by atoms with Gasteiger partial charge in [0.15, 0.2) is 6.10 Å². The molecule has 0 spiro atoms. The minimum atomic E-state index is -4.82. The number of esters is 1. The molecule has 1 fully saturated rings. The Balaban J connectivity index is 2.35. The molecule has 0 saturated carbocycles. The van der Waals surface area contributed by atoms with Crippen LogP contribution >= 0.6 is 7.82 Å². The fourth-order valence-corrected chi connectivity index (χ4v) is 2.75. The van der Waals surface area contributed by atoms with Crippen molar-refractivity contribution in [2.24, 2.45) is 7.05 Å². The monoisotopic (exact) mass is 380 g/mol. The van der Waals surface area contributed by atoms with Crippen molar-refractivity contribution >= 4 is 13.8 Å². The minimum Gasteiger partial charge on any atom is -0.457 e. The van der Waals surface area contributed by atoms with Gasteiger partial charge in [0.2, 0.25) is 0 Å². The summed E-state index contributed by atoms with van der Waals surface area (Å²) in [5.74, 6) is -0.768. The van der Waals surface area contributed by atoms with Crippen LogP contribution in [-0.4, -0.2) is 55.3 Å². The number of aliphatic hydroxyl groups is 1. The number of H-pyrrole nitrogens is 1. The van der Waals surface area contributed by atoms with E-state index in [1.165, 1.54) is 7.05 Å². The summed E-state index contributed by atoms with van der Waals surface area (Å²) in [6.07, 6.45) is -4.24. The number of carbonyl (C=O) groups is 1. The predicted octanol–water partition coefficient (Wildman–Crippen LogP) is -2.08. The number of nitrogens with zero attached hydrogens (tertiary/aromatic N) is 1. The number of nitrogens with one attached hydrogen (secondary N) is 1. The van der Waals surface area contributed by atoms with Crippen molar-refractivity contribution in [3.05, 3.63) is 32.6 Å². The zero-order chi connectivity index (χ0) is 18.9. The molecule has 4 atom stereocenters. The summed E-state index contributed by atoms with van der Waals surface area (Å²) >= 11 is 0. The van der Waals surface area contributed by atoms with Crippen molar-refractivity contribution in [2.45, 2.75) is 31.3 Å². The third kappa shape index (κ3) is 4.63. The molecule has 140 valence electrons. The Bertz CT molecular complexity index is 811. The molecule has 0 amide bonds. The van der Waals surface area contributed by atoms with Gasteiger partial charge in [0, 0.05) is 20.2 Å². The number of rotatable bonds is 5. The smallest absolute Gasteiger partial charge is 0.457 e. The molecular weight excluding hydrogens is 363 g/mol. The van der Waals surface area contributed by atoms with Crippen molar-refractivity contribution in [2.75, 3.05) is 6.61 Å². The lowest BCUT2D eigenvalue weighted by Gasteiger charge is -2.20. The zero-order valence-corrected chi connectivity index (χ0v) is 14.1. The maximum Gasteiger partial charge on any atom is 0.469 e. The van der Waals surface area contributed by atoms with Crippen molar-refractivity contribution in [1.82, 2.24) is 9.55 Å². The van der Waals surface area contributed by atoms with Crippen LogP contribution in [0.25, 0.3) is 0 Å². The number of hydrogen-bond acceptors (Lipinski definition) is 8. The summed E-state index contributed by atoms with van der Waals surface area (Å²) < 4.78 is 26.5. The van der Waals surface area contributed by atoms with Crippen LogP contribution in [0.4, 0.5) is 0 Å². The maximum atomic E-state index is 12.0. The third-order valence-corrected chi connectivity index (χ3v) is 3.97. The number of phosphoric acid groups is 1. The molecule has 25 heavy (non-hydrogen) atoms. The van der Waals surface area contributed by atoms with Crippen LogP contribution in [0.5, 0.6) is 0 Å². The van der Waals surface area contributed by atoms with Crippen molar-refractivity contribution in [3.8, 4) is 0 Å². The number of aromatic amines is 1. The lowest BCUT2D eigenvalue weighted by molar-refractivity contribution is -0.153. The normalized spacial score (nSPS) is 26.6. The Morgan fingerprint density at radius 2 is 2.08 bits per heavy atom. The molecule has 4 N–H and O–H groups in total. The van der Waals surface area contributed by atoms with Gasteiger partial charge in [-0.05, 0) is 0 Å². The summed E-state index contributed by atoms with van der Waals surface area (Å²) in [6.45, 7) is 0.373. The van der Waals surface area contributed by atoms with Crippen LogP contribution in [0.2, 0.25) is 0 Å². The Morgan fingerprint density at radius 1 is 1.44 bits per heavy atom. The molecule has 1 aromatic rings. The lowest BCUT2D eigenvalue weighted by Crippen LogP contribution is -2.38. The van der Waals surface area contributed by atoms with Gasteiger partial charge in [0.25, 0.3) is 5.56 Å². The van der Waals surface area contributed by atoms with E-state index in [0.717, 1.165) is 17.7 Å². The first-order chi connectivity index (χ1) is 11.5. The SMILES string of the molecule is CC(=O)O[C@H]1C(O)[C@@H](COP(=O)(O)O)O[C@H]1c1cn(C)c(=O)[nH]c1=O. The number of aromatic nitrogens is 2. The zero-order valence-electron chi connectivity index (χ0n) is 13.2. The molecule has 1 aromatic heterocycles. The predicted molar refractivity (Wildman–Crippen MR) is 79.5 cm³/mol. The van der Waals surface area contributed by atoms with E-state index in [-0.39, 0.29) is 5.56 Å². The van der Waals surface area contributed by atoms with Crippen molar-refractivity contribution in [3.63, 3.8) is 0 Å². The standard InChI is InChI=1S/C12H17N2O10P/c1-5(15)23-10-8(16)7(4-22-25(19,20)21)24-9(10)6-3-14(2)12(18)13-11(6)17/h3,7-10,16H,4H2,1-2H3,(H,13,17,18)(H2,19,20,21)/t7-,8?,9+,10+/m1/s1. The fraction of sp³-hybridized carbons (Fsp3) is 0.583.